The summed E-state index contributed by atoms with van der Waals surface area (Å²) < 4.78 is 10.4. The molecule has 2 aromatic rings. The van der Waals surface area contributed by atoms with Crippen molar-refractivity contribution in [1.82, 2.24) is 10.6 Å². The van der Waals surface area contributed by atoms with Crippen molar-refractivity contribution >= 4 is 29.9 Å². The molecule has 0 aliphatic heterocycles. The van der Waals surface area contributed by atoms with Crippen molar-refractivity contribution < 1.29 is 14.3 Å². The van der Waals surface area contributed by atoms with Crippen molar-refractivity contribution in [1.29, 1.82) is 0 Å². The monoisotopic (exact) mass is 515 g/mol. The Labute approximate surface area is 191 Å². The van der Waals surface area contributed by atoms with Crippen LogP contribution in [0.3, 0.4) is 0 Å². The first-order valence-electron chi connectivity index (χ1n) is 9.72. The van der Waals surface area contributed by atoms with Crippen LogP contribution in [-0.2, 0) is 16.6 Å². The number of methoxy groups -OCH3 is 1. The Morgan fingerprint density at radius 1 is 1.14 bits per heavy atom. The van der Waals surface area contributed by atoms with Crippen LogP contribution in [-0.4, -0.2) is 44.4 Å². The minimum absolute atomic E-state index is 0. The lowest BCUT2D eigenvalue weighted by Gasteiger charge is -2.20. The van der Waals surface area contributed by atoms with Gasteiger partial charge >= 0.3 is 0 Å². The average Bonchev–Trinajstić information content (AvgIpc) is 3.18. The summed E-state index contributed by atoms with van der Waals surface area (Å²) in [6.07, 6.45) is 1.78. The van der Waals surface area contributed by atoms with Crippen molar-refractivity contribution in [3.05, 3.63) is 59.5 Å². The van der Waals surface area contributed by atoms with Crippen LogP contribution in [0.1, 0.15) is 43.8 Å². The van der Waals surface area contributed by atoms with Gasteiger partial charge in [0.1, 0.15) is 5.76 Å². The second kappa shape index (κ2) is 12.9. The number of guanidine groups is 1. The van der Waals surface area contributed by atoms with Crippen LogP contribution in [0.25, 0.3) is 0 Å². The molecule has 0 spiro atoms. The summed E-state index contributed by atoms with van der Waals surface area (Å²) >= 11 is 0. The van der Waals surface area contributed by atoms with E-state index in [1.807, 2.05) is 24.3 Å². The molecule has 162 valence electrons. The fourth-order valence-corrected chi connectivity index (χ4v) is 2.69. The van der Waals surface area contributed by atoms with Crippen LogP contribution in [0.5, 0.6) is 0 Å². The summed E-state index contributed by atoms with van der Waals surface area (Å²) in [5.74, 6) is 1.57. The molecule has 7 heteroatoms. The maximum absolute atomic E-state index is 10.5. The third-order valence-electron chi connectivity index (χ3n) is 4.43. The maximum Gasteiger partial charge on any atom is 0.191 e. The van der Waals surface area contributed by atoms with Gasteiger partial charge in [-0.05, 0) is 28.7 Å². The summed E-state index contributed by atoms with van der Waals surface area (Å²) in [7, 11) is 1.66. The first-order chi connectivity index (χ1) is 13.4. The molecule has 29 heavy (non-hydrogen) atoms. The number of aliphatic hydroxyl groups is 1. The molecule has 0 aliphatic carbocycles. The van der Waals surface area contributed by atoms with Crippen molar-refractivity contribution in [2.24, 2.45) is 4.99 Å². The second-order valence-corrected chi connectivity index (χ2v) is 7.75. The number of halogens is 1. The molecule has 0 aliphatic rings. The van der Waals surface area contributed by atoms with Crippen molar-refractivity contribution in [3.8, 4) is 0 Å². The van der Waals surface area contributed by atoms with Gasteiger partial charge < -0.3 is 24.9 Å². The largest absolute Gasteiger partial charge is 0.469 e. The SMILES string of the molecule is COCCNC(=NCC(O)c1ccc(C(C)(C)C)cc1)NCCc1ccco1.I. The zero-order valence-electron chi connectivity index (χ0n) is 17.8. The molecule has 0 radical (unpaired) electrons. The van der Waals surface area contributed by atoms with Gasteiger partial charge in [-0.3, -0.25) is 4.99 Å². The van der Waals surface area contributed by atoms with Crippen LogP contribution in [0.2, 0.25) is 0 Å². The molecule has 0 fully saturated rings. The number of aliphatic imine (C=N–C) groups is 1. The average molecular weight is 515 g/mol. The van der Waals surface area contributed by atoms with Crippen molar-refractivity contribution in [2.75, 3.05) is 33.4 Å². The van der Waals surface area contributed by atoms with Gasteiger partial charge in [0.25, 0.3) is 0 Å². The molecule has 0 amide bonds. The minimum Gasteiger partial charge on any atom is -0.469 e. The van der Waals surface area contributed by atoms with E-state index in [9.17, 15) is 5.11 Å². The molecule has 0 saturated heterocycles. The molecule has 0 saturated carbocycles. The maximum atomic E-state index is 10.5. The Kier molecular flexibility index (Phi) is 11.3. The van der Waals surface area contributed by atoms with E-state index in [0.29, 0.717) is 25.7 Å². The van der Waals surface area contributed by atoms with E-state index in [2.05, 4.69) is 48.5 Å². The van der Waals surface area contributed by atoms with E-state index >= 15 is 0 Å². The van der Waals surface area contributed by atoms with E-state index in [0.717, 1.165) is 17.7 Å². The van der Waals surface area contributed by atoms with Gasteiger partial charge in [-0.2, -0.15) is 0 Å². The number of hydrogen-bond donors (Lipinski definition) is 3. The van der Waals surface area contributed by atoms with E-state index in [-0.39, 0.29) is 35.9 Å². The number of furan rings is 1. The van der Waals surface area contributed by atoms with Crippen LogP contribution >= 0.6 is 24.0 Å². The van der Waals surface area contributed by atoms with E-state index in [1.54, 1.807) is 13.4 Å². The standard InChI is InChI=1S/C22H33N3O3.HI/c1-22(2,3)18-9-7-17(8-10-18)20(26)16-25-21(24-13-15-27-4)23-12-11-19-6-5-14-28-19;/h5-10,14,20,26H,11-13,15-16H2,1-4H3,(H2,23,24,25);1H. The number of rotatable bonds is 9. The van der Waals surface area contributed by atoms with Gasteiger partial charge in [-0.1, -0.05) is 45.0 Å². The van der Waals surface area contributed by atoms with Crippen LogP contribution < -0.4 is 10.6 Å². The zero-order valence-corrected chi connectivity index (χ0v) is 20.1. The quantitative estimate of drug-likeness (QED) is 0.206. The highest BCUT2D eigenvalue weighted by Gasteiger charge is 2.14. The third-order valence-corrected chi connectivity index (χ3v) is 4.43. The highest BCUT2D eigenvalue weighted by Crippen LogP contribution is 2.24. The Morgan fingerprint density at radius 3 is 2.41 bits per heavy atom. The molecular formula is C22H34IN3O3. The number of benzene rings is 1. The van der Waals surface area contributed by atoms with Crippen LogP contribution in [0.4, 0.5) is 0 Å². The first kappa shape index (κ1) is 25.5. The van der Waals surface area contributed by atoms with Crippen molar-refractivity contribution in [3.63, 3.8) is 0 Å². The number of aliphatic hydroxyl groups excluding tert-OH is 1. The topological polar surface area (TPSA) is 79.0 Å². The van der Waals surface area contributed by atoms with Crippen molar-refractivity contribution in [2.45, 2.75) is 38.7 Å². The highest BCUT2D eigenvalue weighted by atomic mass is 127. The summed E-state index contributed by atoms with van der Waals surface area (Å²) in [4.78, 5) is 4.52. The lowest BCUT2D eigenvalue weighted by atomic mass is 9.86. The fraction of sp³-hybridized carbons (Fsp3) is 0.500. The highest BCUT2D eigenvalue weighted by molar-refractivity contribution is 14.0. The van der Waals surface area contributed by atoms with Gasteiger partial charge in [0.05, 0.1) is 25.5 Å². The summed E-state index contributed by atoms with van der Waals surface area (Å²) in [6, 6.07) is 11.9. The summed E-state index contributed by atoms with van der Waals surface area (Å²) in [6.45, 7) is 8.70. The fourth-order valence-electron chi connectivity index (χ4n) is 2.69. The Morgan fingerprint density at radius 2 is 1.83 bits per heavy atom. The lowest BCUT2D eigenvalue weighted by molar-refractivity contribution is 0.186. The number of nitrogens with zero attached hydrogens (tertiary/aromatic N) is 1. The lowest BCUT2D eigenvalue weighted by Crippen LogP contribution is -2.40. The normalized spacial score (nSPS) is 12.9. The van der Waals surface area contributed by atoms with Gasteiger partial charge in [0, 0.05) is 26.6 Å². The molecule has 1 unspecified atom stereocenters. The molecule has 1 heterocycles. The summed E-state index contributed by atoms with van der Waals surface area (Å²) in [5.41, 5.74) is 2.20. The number of nitrogens with one attached hydrogen (secondary N) is 2. The molecule has 1 atom stereocenters. The molecule has 2 rings (SSSR count). The number of ether oxygens (including phenoxy) is 1. The molecule has 1 aromatic heterocycles. The van der Waals surface area contributed by atoms with E-state index in [4.69, 9.17) is 9.15 Å². The van der Waals surface area contributed by atoms with Gasteiger partial charge in [0.2, 0.25) is 0 Å². The Balaban J connectivity index is 0.00000420. The molecule has 1 aromatic carbocycles. The van der Waals surface area contributed by atoms with E-state index in [1.165, 1.54) is 5.56 Å². The molecular weight excluding hydrogens is 481 g/mol. The molecule has 0 bridgehead atoms. The second-order valence-electron chi connectivity index (χ2n) is 7.75. The van der Waals surface area contributed by atoms with Gasteiger partial charge in [-0.25, -0.2) is 0 Å². The zero-order chi connectivity index (χ0) is 20.4. The third kappa shape index (κ3) is 9.18. The molecule has 6 nitrogen and oxygen atoms in total. The first-order valence-corrected chi connectivity index (χ1v) is 9.72. The van der Waals surface area contributed by atoms with E-state index < -0.39 is 6.10 Å². The molecule has 3 N–H and O–H groups in total. The Hall–Kier alpha value is -1.58. The Bertz CT molecular complexity index is 710. The minimum atomic E-state index is -0.653. The van der Waals surface area contributed by atoms with Gasteiger partial charge in [0.15, 0.2) is 5.96 Å². The smallest absolute Gasteiger partial charge is 0.191 e. The number of hydrogen-bond acceptors (Lipinski definition) is 4. The summed E-state index contributed by atoms with van der Waals surface area (Å²) in [5, 5.41) is 17.0. The predicted molar refractivity (Wildman–Crippen MR) is 128 cm³/mol. The van der Waals surface area contributed by atoms with Crippen LogP contribution in [0.15, 0.2) is 52.1 Å². The predicted octanol–water partition coefficient (Wildman–Crippen LogP) is 3.65. The van der Waals surface area contributed by atoms with Crippen LogP contribution in [0, 0.1) is 0 Å². The van der Waals surface area contributed by atoms with Gasteiger partial charge in [-0.15, -0.1) is 24.0 Å².